The van der Waals surface area contributed by atoms with E-state index in [2.05, 4.69) is 35.7 Å². The lowest BCUT2D eigenvalue weighted by Crippen LogP contribution is -2.25. The largest absolute Gasteiger partial charge is 0.325 e. The van der Waals surface area contributed by atoms with Crippen LogP contribution >= 0.6 is 23.4 Å². The third kappa shape index (κ3) is 5.24. The first-order valence-electron chi connectivity index (χ1n) is 11.2. The molecule has 0 fully saturated rings. The number of amides is 1. The molecule has 168 valence electrons. The highest BCUT2D eigenvalue weighted by Gasteiger charge is 2.26. The van der Waals surface area contributed by atoms with Gasteiger partial charge >= 0.3 is 0 Å². The molecule has 0 aliphatic heterocycles. The number of fused-ring (bicyclic) bond motifs is 1. The molecule has 0 spiro atoms. The summed E-state index contributed by atoms with van der Waals surface area (Å²) in [6.45, 7) is 3.85. The molecule has 1 aliphatic rings. The molecular formula is C27H26ClN3OS. The minimum absolute atomic E-state index is 0.111. The molecule has 0 saturated carbocycles. The van der Waals surface area contributed by atoms with Crippen LogP contribution in [-0.4, -0.2) is 16.1 Å². The SMILES string of the molecule is CCC(Sc1nc2c(cc1C#N)CC(c1ccccc1)CC2)C(=O)Nc1cccc(Cl)c1C. The quantitative estimate of drug-likeness (QED) is 0.403. The van der Waals surface area contributed by atoms with Crippen molar-refractivity contribution in [3.63, 3.8) is 0 Å². The molecule has 1 N–H and O–H groups in total. The number of aromatic nitrogens is 1. The Balaban J connectivity index is 1.53. The molecule has 1 amide bonds. The fourth-order valence-corrected chi connectivity index (χ4v) is 5.41. The number of hydrogen-bond donors (Lipinski definition) is 1. The summed E-state index contributed by atoms with van der Waals surface area (Å²) in [5.41, 5.74) is 5.60. The van der Waals surface area contributed by atoms with Crippen molar-refractivity contribution in [2.45, 2.75) is 55.7 Å². The molecule has 0 saturated heterocycles. The first-order valence-corrected chi connectivity index (χ1v) is 12.5. The number of rotatable bonds is 6. The third-order valence-corrected chi connectivity index (χ3v) is 7.96. The Kier molecular flexibility index (Phi) is 7.37. The van der Waals surface area contributed by atoms with Crippen molar-refractivity contribution in [1.82, 2.24) is 4.98 Å². The molecule has 3 aromatic rings. The van der Waals surface area contributed by atoms with Gasteiger partial charge in [-0.1, -0.05) is 66.7 Å². The topological polar surface area (TPSA) is 65.8 Å². The van der Waals surface area contributed by atoms with Crippen LogP contribution < -0.4 is 5.32 Å². The van der Waals surface area contributed by atoms with Crippen LogP contribution in [0.5, 0.6) is 0 Å². The molecule has 1 aromatic heterocycles. The van der Waals surface area contributed by atoms with Crippen LogP contribution in [0.4, 0.5) is 5.69 Å². The zero-order valence-electron chi connectivity index (χ0n) is 18.8. The first kappa shape index (κ1) is 23.4. The molecule has 1 heterocycles. The number of nitrogens with one attached hydrogen (secondary N) is 1. The summed E-state index contributed by atoms with van der Waals surface area (Å²) in [7, 11) is 0. The van der Waals surface area contributed by atoms with Crippen molar-refractivity contribution in [1.29, 1.82) is 5.26 Å². The molecule has 4 rings (SSSR count). The van der Waals surface area contributed by atoms with Gasteiger partial charge in [0.2, 0.25) is 5.91 Å². The smallest absolute Gasteiger partial charge is 0.237 e. The lowest BCUT2D eigenvalue weighted by atomic mass is 9.82. The van der Waals surface area contributed by atoms with Crippen LogP contribution in [0.25, 0.3) is 0 Å². The van der Waals surface area contributed by atoms with Gasteiger partial charge in [0.15, 0.2) is 0 Å². The van der Waals surface area contributed by atoms with Crippen molar-refractivity contribution in [3.05, 3.63) is 87.6 Å². The number of pyridine rings is 1. The molecule has 2 aromatic carbocycles. The summed E-state index contributed by atoms with van der Waals surface area (Å²) in [4.78, 5) is 17.9. The van der Waals surface area contributed by atoms with E-state index in [9.17, 15) is 10.1 Å². The van der Waals surface area contributed by atoms with Gasteiger partial charge in [-0.15, -0.1) is 0 Å². The zero-order chi connectivity index (χ0) is 23.4. The normalized spacial score (nSPS) is 15.9. The van der Waals surface area contributed by atoms with Crippen molar-refractivity contribution in [3.8, 4) is 6.07 Å². The highest BCUT2D eigenvalue weighted by molar-refractivity contribution is 8.00. The summed E-state index contributed by atoms with van der Waals surface area (Å²) >= 11 is 7.56. The maximum absolute atomic E-state index is 13.0. The van der Waals surface area contributed by atoms with Gasteiger partial charge in [-0.25, -0.2) is 4.98 Å². The van der Waals surface area contributed by atoms with Gasteiger partial charge in [-0.3, -0.25) is 4.79 Å². The number of halogens is 1. The molecule has 4 nitrogen and oxygen atoms in total. The van der Waals surface area contributed by atoms with Crippen LogP contribution in [0.3, 0.4) is 0 Å². The number of hydrogen-bond acceptors (Lipinski definition) is 4. The van der Waals surface area contributed by atoms with Gasteiger partial charge in [0, 0.05) is 16.4 Å². The Morgan fingerprint density at radius 1 is 1.27 bits per heavy atom. The Morgan fingerprint density at radius 3 is 2.79 bits per heavy atom. The summed E-state index contributed by atoms with van der Waals surface area (Å²) in [5, 5.41) is 13.7. The van der Waals surface area contributed by atoms with E-state index in [-0.39, 0.29) is 11.2 Å². The van der Waals surface area contributed by atoms with Gasteiger partial charge < -0.3 is 5.32 Å². The van der Waals surface area contributed by atoms with E-state index >= 15 is 0 Å². The van der Waals surface area contributed by atoms with Crippen molar-refractivity contribution >= 4 is 35.0 Å². The van der Waals surface area contributed by atoms with Crippen molar-refractivity contribution in [2.75, 3.05) is 5.32 Å². The second-order valence-electron chi connectivity index (χ2n) is 8.33. The molecule has 0 radical (unpaired) electrons. The number of anilines is 1. The summed E-state index contributed by atoms with van der Waals surface area (Å²) in [6, 6.07) is 20.3. The monoisotopic (exact) mass is 475 g/mol. The first-order chi connectivity index (χ1) is 16.0. The molecule has 33 heavy (non-hydrogen) atoms. The average Bonchev–Trinajstić information content (AvgIpc) is 2.84. The standard InChI is InChI=1S/C27H26ClN3OS/c1-3-25(26(32)30-23-11-7-10-22(28)17(23)2)33-27-21(16-29)15-20-14-19(12-13-24(20)31-27)18-8-5-4-6-9-18/h4-11,15,19,25H,3,12-14H2,1-2H3,(H,30,32). The number of nitriles is 1. The van der Waals surface area contributed by atoms with E-state index in [0.717, 1.165) is 36.1 Å². The Hall–Kier alpha value is -2.81. The number of nitrogens with zero attached hydrogens (tertiary/aromatic N) is 2. The molecule has 2 atom stereocenters. The predicted octanol–water partition coefficient (Wildman–Crippen LogP) is 6.70. The van der Waals surface area contributed by atoms with Gasteiger partial charge in [0.05, 0.1) is 10.8 Å². The van der Waals surface area contributed by atoms with Crippen molar-refractivity contribution in [2.24, 2.45) is 0 Å². The molecule has 1 aliphatic carbocycles. The zero-order valence-corrected chi connectivity index (χ0v) is 20.3. The van der Waals surface area contributed by atoms with Crippen LogP contribution in [0.15, 0.2) is 59.6 Å². The molecule has 6 heteroatoms. The average molecular weight is 476 g/mol. The minimum atomic E-state index is -0.360. The van der Waals surface area contributed by atoms with Crippen LogP contribution in [0.2, 0.25) is 5.02 Å². The predicted molar refractivity (Wildman–Crippen MR) is 135 cm³/mol. The number of carbonyl (C=O) groups is 1. The van der Waals surface area contributed by atoms with Crippen LogP contribution in [0.1, 0.15) is 53.6 Å². The second-order valence-corrected chi connectivity index (χ2v) is 9.92. The van der Waals surface area contributed by atoms with E-state index in [1.165, 1.54) is 17.3 Å². The fourth-order valence-electron chi connectivity index (χ4n) is 4.24. The van der Waals surface area contributed by atoms with E-state index in [1.807, 2.05) is 38.1 Å². The van der Waals surface area contributed by atoms with E-state index < -0.39 is 0 Å². The van der Waals surface area contributed by atoms with Crippen LogP contribution in [0, 0.1) is 18.3 Å². The Labute approximate surface area is 204 Å². The third-order valence-electron chi connectivity index (χ3n) is 6.19. The number of carbonyl (C=O) groups excluding carboxylic acids is 1. The summed E-state index contributed by atoms with van der Waals surface area (Å²) < 4.78 is 0. The molecule has 0 bridgehead atoms. The van der Waals surface area contributed by atoms with Crippen LogP contribution in [-0.2, 0) is 17.6 Å². The number of aryl methyl sites for hydroxylation is 1. The lowest BCUT2D eigenvalue weighted by Gasteiger charge is -2.25. The van der Waals surface area contributed by atoms with E-state index in [4.69, 9.17) is 16.6 Å². The second kappa shape index (κ2) is 10.4. The van der Waals surface area contributed by atoms with Crippen molar-refractivity contribution < 1.29 is 4.79 Å². The van der Waals surface area contributed by atoms with E-state index in [1.54, 1.807) is 6.07 Å². The van der Waals surface area contributed by atoms with E-state index in [0.29, 0.717) is 33.6 Å². The highest BCUT2D eigenvalue weighted by Crippen LogP contribution is 2.36. The summed E-state index contributed by atoms with van der Waals surface area (Å²) in [6.07, 6.45) is 3.41. The fraction of sp³-hybridized carbons (Fsp3) is 0.296. The summed E-state index contributed by atoms with van der Waals surface area (Å²) in [5.74, 6) is 0.334. The maximum atomic E-state index is 13.0. The Morgan fingerprint density at radius 2 is 2.06 bits per heavy atom. The number of benzene rings is 2. The highest BCUT2D eigenvalue weighted by atomic mass is 35.5. The Bertz CT molecular complexity index is 1210. The van der Waals surface area contributed by atoms with Gasteiger partial charge in [0.1, 0.15) is 11.1 Å². The van der Waals surface area contributed by atoms with Gasteiger partial charge in [-0.2, -0.15) is 5.26 Å². The minimum Gasteiger partial charge on any atom is -0.325 e. The lowest BCUT2D eigenvalue weighted by molar-refractivity contribution is -0.115. The van der Waals surface area contributed by atoms with Gasteiger partial charge in [0.25, 0.3) is 0 Å². The maximum Gasteiger partial charge on any atom is 0.237 e. The molecule has 2 unspecified atom stereocenters. The molecular weight excluding hydrogens is 450 g/mol. The van der Waals surface area contributed by atoms with Gasteiger partial charge in [-0.05, 0) is 73.4 Å². The number of thioether (sulfide) groups is 1.